The van der Waals surface area contributed by atoms with Gasteiger partial charge in [-0.15, -0.1) is 0 Å². The highest BCUT2D eigenvalue weighted by Gasteiger charge is 2.70. The van der Waals surface area contributed by atoms with Crippen LogP contribution in [-0.2, 0) is 19.1 Å². The van der Waals surface area contributed by atoms with Gasteiger partial charge in [-0.05, 0) is 92.6 Å². The highest BCUT2D eigenvalue weighted by molar-refractivity contribution is 5.97. The maximum absolute atomic E-state index is 13.1. The first kappa shape index (κ1) is 22.1. The minimum absolute atomic E-state index is 0.0118. The molecule has 4 nitrogen and oxygen atoms in total. The fraction of sp³-hybridized carbons (Fsp3) is 0.750. The molecule has 0 aromatic heterocycles. The first-order valence-corrected chi connectivity index (χ1v) is 12.8. The van der Waals surface area contributed by atoms with Crippen LogP contribution in [0.15, 0.2) is 23.8 Å². The summed E-state index contributed by atoms with van der Waals surface area (Å²) < 4.78 is 6.15. The summed E-state index contributed by atoms with van der Waals surface area (Å²) in [6.07, 6.45) is 9.45. The summed E-state index contributed by atoms with van der Waals surface area (Å²) in [5, 5.41) is 0. The van der Waals surface area contributed by atoms with Crippen LogP contribution >= 0.6 is 0 Å². The first-order chi connectivity index (χ1) is 15.1. The Bertz CT molecular complexity index is 930. The predicted molar refractivity (Wildman–Crippen MR) is 123 cm³/mol. The molecule has 4 saturated carbocycles. The van der Waals surface area contributed by atoms with Gasteiger partial charge >= 0.3 is 5.97 Å². The van der Waals surface area contributed by atoms with Crippen LogP contribution in [0.5, 0.6) is 0 Å². The quantitative estimate of drug-likeness (QED) is 0.524. The number of ether oxygens (including phenoxy) is 1. The van der Waals surface area contributed by atoms with Crippen molar-refractivity contribution in [1.82, 2.24) is 0 Å². The number of hydrogen-bond donors (Lipinski definition) is 0. The summed E-state index contributed by atoms with van der Waals surface area (Å²) in [6.45, 7) is 12.7. The minimum Gasteiger partial charge on any atom is -0.450 e. The number of rotatable bonds is 5. The summed E-state index contributed by atoms with van der Waals surface area (Å²) in [4.78, 5) is 38.3. The van der Waals surface area contributed by atoms with Gasteiger partial charge < -0.3 is 4.74 Å². The summed E-state index contributed by atoms with van der Waals surface area (Å²) in [5.41, 5.74) is 1.05. The lowest BCUT2D eigenvalue weighted by molar-refractivity contribution is -0.188. The smallest absolute Gasteiger partial charge is 0.306 e. The zero-order chi connectivity index (χ0) is 23.1. The van der Waals surface area contributed by atoms with E-state index in [-0.39, 0.29) is 28.5 Å². The van der Waals surface area contributed by atoms with Crippen molar-refractivity contribution in [3.63, 3.8) is 0 Å². The molecule has 0 N–H and O–H groups in total. The molecule has 174 valence electrons. The normalized spacial score (nSPS) is 46.4. The molecule has 0 unspecified atom stereocenters. The number of allylic oxidation sites excluding steroid dienone is 2. The Balaban J connectivity index is 1.49. The van der Waals surface area contributed by atoms with Gasteiger partial charge in [-0.3, -0.25) is 14.4 Å². The fourth-order valence-electron chi connectivity index (χ4n) is 8.83. The summed E-state index contributed by atoms with van der Waals surface area (Å²) >= 11 is 0. The third kappa shape index (κ3) is 2.70. The van der Waals surface area contributed by atoms with Crippen LogP contribution in [0.4, 0.5) is 0 Å². The zero-order valence-corrected chi connectivity index (χ0v) is 20.2. The highest BCUT2D eigenvalue weighted by Crippen LogP contribution is 2.73. The van der Waals surface area contributed by atoms with Crippen molar-refractivity contribution in [2.75, 3.05) is 0 Å². The van der Waals surface area contributed by atoms with Crippen molar-refractivity contribution >= 4 is 17.5 Å². The molecule has 0 aromatic rings. The average Bonchev–Trinajstić information content (AvgIpc) is 3.49. The van der Waals surface area contributed by atoms with E-state index in [1.54, 1.807) is 6.92 Å². The Labute approximate surface area is 192 Å². The first-order valence-electron chi connectivity index (χ1n) is 12.8. The molecule has 0 saturated heterocycles. The molecule has 0 bridgehead atoms. The number of esters is 1. The Morgan fingerprint density at radius 1 is 1.16 bits per heavy atom. The molecule has 0 aliphatic heterocycles. The van der Waals surface area contributed by atoms with Gasteiger partial charge in [0.1, 0.15) is 0 Å². The minimum atomic E-state index is -0.990. The molecule has 0 aromatic carbocycles. The van der Waals surface area contributed by atoms with Crippen LogP contribution in [0.2, 0.25) is 0 Å². The lowest BCUT2D eigenvalue weighted by Crippen LogP contribution is -2.59. The second-order valence-electron chi connectivity index (χ2n) is 11.8. The molecule has 4 heteroatoms. The molecule has 8 atom stereocenters. The maximum atomic E-state index is 13.1. The van der Waals surface area contributed by atoms with E-state index in [9.17, 15) is 14.4 Å². The van der Waals surface area contributed by atoms with E-state index in [2.05, 4.69) is 27.4 Å². The van der Waals surface area contributed by atoms with Crippen molar-refractivity contribution in [1.29, 1.82) is 0 Å². The Morgan fingerprint density at radius 3 is 2.56 bits per heavy atom. The zero-order valence-electron chi connectivity index (χ0n) is 20.2. The van der Waals surface area contributed by atoms with Gasteiger partial charge in [-0.25, -0.2) is 0 Å². The van der Waals surface area contributed by atoms with Crippen molar-refractivity contribution < 1.29 is 19.1 Å². The van der Waals surface area contributed by atoms with Gasteiger partial charge in [0.05, 0.1) is 0 Å². The van der Waals surface area contributed by atoms with Crippen molar-refractivity contribution in [3.8, 4) is 0 Å². The van der Waals surface area contributed by atoms with E-state index < -0.39 is 5.60 Å². The van der Waals surface area contributed by atoms with Gasteiger partial charge in [-0.1, -0.05) is 39.3 Å². The number of hydrogen-bond acceptors (Lipinski definition) is 4. The summed E-state index contributed by atoms with van der Waals surface area (Å²) in [7, 11) is 0. The van der Waals surface area contributed by atoms with Crippen LogP contribution in [0.3, 0.4) is 0 Å². The molecular weight excluding hydrogens is 400 g/mol. The van der Waals surface area contributed by atoms with Crippen LogP contribution in [0.25, 0.3) is 0 Å². The molecule has 0 spiro atoms. The van der Waals surface area contributed by atoms with E-state index in [1.165, 1.54) is 5.57 Å². The molecule has 4 fully saturated rings. The van der Waals surface area contributed by atoms with E-state index in [0.717, 1.165) is 50.5 Å². The Morgan fingerprint density at radius 2 is 1.88 bits per heavy atom. The van der Waals surface area contributed by atoms with E-state index in [1.807, 2.05) is 6.08 Å². The van der Waals surface area contributed by atoms with Crippen molar-refractivity contribution in [2.45, 2.75) is 91.1 Å². The van der Waals surface area contributed by atoms with Crippen LogP contribution in [0, 0.1) is 40.4 Å². The third-order valence-corrected chi connectivity index (χ3v) is 10.6. The maximum Gasteiger partial charge on any atom is 0.306 e. The highest BCUT2D eigenvalue weighted by atomic mass is 16.6. The topological polar surface area (TPSA) is 60.4 Å². The van der Waals surface area contributed by atoms with Gasteiger partial charge in [0, 0.05) is 17.8 Å². The molecular formula is C28H38O4. The Kier molecular flexibility index (Phi) is 4.93. The monoisotopic (exact) mass is 438 g/mol. The summed E-state index contributed by atoms with van der Waals surface area (Å²) in [6, 6.07) is 0. The SMILES string of the molecule is C=C1C[C@@H]2[C@H](CC[C@@]3(C)[C@H]2CC[C@]3(OC(=O)CCCC)C(C)=O)[C@]2(C)C1=CC(=O)[C@@H]1C[C@@H]12. The molecule has 32 heavy (non-hydrogen) atoms. The number of Topliss-reactive ketones (excluding diaryl/α,β-unsaturated/α-hetero) is 1. The largest absolute Gasteiger partial charge is 0.450 e. The number of carbonyl (C=O) groups is 3. The second-order valence-corrected chi connectivity index (χ2v) is 11.8. The van der Waals surface area contributed by atoms with Crippen molar-refractivity contribution in [3.05, 3.63) is 23.8 Å². The number of ketones is 2. The number of carbonyl (C=O) groups excluding carboxylic acids is 3. The van der Waals surface area contributed by atoms with E-state index in [0.29, 0.717) is 42.3 Å². The molecule has 0 heterocycles. The van der Waals surface area contributed by atoms with E-state index >= 15 is 0 Å². The van der Waals surface area contributed by atoms with Gasteiger partial charge in [0.15, 0.2) is 17.2 Å². The molecule has 5 rings (SSSR count). The average molecular weight is 439 g/mol. The van der Waals surface area contributed by atoms with Gasteiger partial charge in [-0.2, -0.15) is 0 Å². The number of unbranched alkanes of at least 4 members (excludes halogenated alkanes) is 1. The van der Waals surface area contributed by atoms with Crippen molar-refractivity contribution in [2.24, 2.45) is 40.4 Å². The van der Waals surface area contributed by atoms with Crippen LogP contribution < -0.4 is 0 Å². The van der Waals surface area contributed by atoms with Gasteiger partial charge in [0.25, 0.3) is 0 Å². The van der Waals surface area contributed by atoms with Crippen LogP contribution in [0.1, 0.15) is 85.5 Å². The third-order valence-electron chi connectivity index (χ3n) is 10.6. The molecule has 0 amide bonds. The standard InChI is InChI=1S/C28H38O4/c1-6-7-8-25(31)32-28(17(3)29)12-10-20-18-13-16(2)22-15-24(30)19-14-23(19)27(22,5)21(18)9-11-26(20,28)4/h15,18-21,23H,2,6-14H2,1,3-5H3/t18-,19+,20-,21-,23-,26-,27+,28-/m0/s1. The fourth-order valence-corrected chi connectivity index (χ4v) is 8.83. The van der Waals surface area contributed by atoms with E-state index in [4.69, 9.17) is 4.74 Å². The lowest BCUT2D eigenvalue weighted by Gasteiger charge is -2.59. The molecule has 0 radical (unpaired) electrons. The van der Waals surface area contributed by atoms with Crippen LogP contribution in [-0.4, -0.2) is 23.1 Å². The summed E-state index contributed by atoms with van der Waals surface area (Å²) in [5.74, 6) is 2.05. The van der Waals surface area contributed by atoms with Gasteiger partial charge in [0.2, 0.25) is 0 Å². The Hall–Kier alpha value is -1.71. The number of fused-ring (bicyclic) bond motifs is 7. The second kappa shape index (κ2) is 7.14. The molecule has 5 aliphatic carbocycles. The molecule has 5 aliphatic rings. The predicted octanol–water partition coefficient (Wildman–Crippen LogP) is 5.60. The lowest BCUT2D eigenvalue weighted by atomic mass is 9.45.